The van der Waals surface area contributed by atoms with Crippen LogP contribution >= 0.6 is 0 Å². The lowest BCUT2D eigenvalue weighted by Gasteiger charge is -2.34. The lowest BCUT2D eigenvalue weighted by atomic mass is 10.1. The van der Waals surface area contributed by atoms with Gasteiger partial charge in [-0.05, 0) is 35.9 Å². The van der Waals surface area contributed by atoms with Gasteiger partial charge in [0.25, 0.3) is 11.6 Å². The van der Waals surface area contributed by atoms with Gasteiger partial charge >= 0.3 is 0 Å². The van der Waals surface area contributed by atoms with E-state index in [1.807, 2.05) is 4.90 Å². The zero-order valence-electron chi connectivity index (χ0n) is 21.0. The Kier molecular flexibility index (Phi) is 7.77. The Balaban J connectivity index is 1.45. The highest BCUT2D eigenvalue weighted by atomic mass is 16.6. The van der Waals surface area contributed by atoms with Crippen LogP contribution in [0, 0.1) is 21.4 Å². The van der Waals surface area contributed by atoms with Crippen molar-refractivity contribution in [3.8, 4) is 23.3 Å². The first kappa shape index (κ1) is 26.0. The van der Waals surface area contributed by atoms with E-state index in [-0.39, 0.29) is 23.2 Å². The molecule has 1 amide bonds. The Morgan fingerprint density at radius 2 is 1.68 bits per heavy atom. The summed E-state index contributed by atoms with van der Waals surface area (Å²) in [7, 11) is 4.48. The number of benzene rings is 2. The zero-order chi connectivity index (χ0) is 27.2. The van der Waals surface area contributed by atoms with Crippen molar-refractivity contribution >= 4 is 29.6 Å². The number of anilines is 1. The van der Waals surface area contributed by atoms with E-state index in [9.17, 15) is 20.2 Å². The highest BCUT2D eigenvalue weighted by Gasteiger charge is 2.28. The molecule has 0 aliphatic carbocycles. The van der Waals surface area contributed by atoms with Crippen LogP contribution in [0.3, 0.4) is 0 Å². The molecule has 0 bridgehead atoms. The maximum absolute atomic E-state index is 13.2. The molecule has 2 aromatic carbocycles. The average Bonchev–Trinajstić information content (AvgIpc) is 3.38. The van der Waals surface area contributed by atoms with Gasteiger partial charge in [-0.15, -0.1) is 0 Å². The van der Waals surface area contributed by atoms with Crippen molar-refractivity contribution in [2.75, 3.05) is 52.4 Å². The fourth-order valence-corrected chi connectivity index (χ4v) is 4.06. The highest BCUT2D eigenvalue weighted by molar-refractivity contribution is 5.96. The predicted octanol–water partition coefficient (Wildman–Crippen LogP) is 3.61. The number of hydrogen-bond acceptors (Lipinski definition) is 10. The first-order valence-corrected chi connectivity index (χ1v) is 11.6. The van der Waals surface area contributed by atoms with Crippen LogP contribution in [-0.2, 0) is 0 Å². The molecular weight excluding hydrogens is 494 g/mol. The van der Waals surface area contributed by atoms with E-state index in [0.717, 1.165) is 0 Å². The Bertz CT molecular complexity index is 1380. The lowest BCUT2D eigenvalue weighted by Crippen LogP contribution is -2.48. The molecule has 0 unspecified atom stereocenters. The molecule has 2 heterocycles. The summed E-state index contributed by atoms with van der Waals surface area (Å²) in [5, 5.41) is 20.4. The predicted molar refractivity (Wildman–Crippen MR) is 137 cm³/mol. The smallest absolute Gasteiger partial charge is 0.269 e. The van der Waals surface area contributed by atoms with E-state index in [2.05, 4.69) is 11.1 Å². The van der Waals surface area contributed by atoms with Crippen molar-refractivity contribution in [2.45, 2.75) is 0 Å². The minimum atomic E-state index is -0.467. The number of methoxy groups -OCH3 is 3. The lowest BCUT2D eigenvalue weighted by molar-refractivity contribution is -0.384. The first-order chi connectivity index (χ1) is 18.4. The molecule has 12 nitrogen and oxygen atoms in total. The molecule has 3 aromatic rings. The van der Waals surface area contributed by atoms with Crippen LogP contribution in [0.1, 0.15) is 27.5 Å². The van der Waals surface area contributed by atoms with E-state index in [4.69, 9.17) is 18.6 Å². The number of nitro benzene ring substituents is 1. The summed E-state index contributed by atoms with van der Waals surface area (Å²) >= 11 is 0. The number of piperazine rings is 1. The second-order valence-electron chi connectivity index (χ2n) is 8.19. The highest BCUT2D eigenvalue weighted by Crippen LogP contribution is 2.38. The van der Waals surface area contributed by atoms with Gasteiger partial charge in [0, 0.05) is 50.0 Å². The molecule has 0 atom stereocenters. The largest absolute Gasteiger partial charge is 0.493 e. The van der Waals surface area contributed by atoms with Crippen LogP contribution in [0.5, 0.6) is 17.2 Å². The molecule has 0 N–H and O–H groups in total. The van der Waals surface area contributed by atoms with Crippen molar-refractivity contribution < 1.29 is 28.3 Å². The molecule has 0 spiro atoms. The molecule has 1 aliphatic rings. The van der Waals surface area contributed by atoms with Gasteiger partial charge in [-0.3, -0.25) is 14.9 Å². The van der Waals surface area contributed by atoms with Gasteiger partial charge in [-0.2, -0.15) is 10.2 Å². The molecule has 0 radical (unpaired) electrons. The van der Waals surface area contributed by atoms with Crippen molar-refractivity contribution in [3.63, 3.8) is 0 Å². The Morgan fingerprint density at radius 3 is 2.21 bits per heavy atom. The van der Waals surface area contributed by atoms with E-state index < -0.39 is 4.92 Å². The molecule has 0 saturated carbocycles. The third kappa shape index (κ3) is 5.36. The third-order valence-corrected chi connectivity index (χ3v) is 6.02. The molecule has 1 aliphatic heterocycles. The zero-order valence-corrected chi connectivity index (χ0v) is 21.0. The minimum Gasteiger partial charge on any atom is -0.493 e. The molecule has 1 aromatic heterocycles. The van der Waals surface area contributed by atoms with E-state index in [1.165, 1.54) is 33.5 Å². The van der Waals surface area contributed by atoms with Crippen LogP contribution in [0.15, 0.2) is 40.8 Å². The molecular formula is C26H25N5O7. The number of rotatable bonds is 8. The van der Waals surface area contributed by atoms with Crippen LogP contribution in [0.2, 0.25) is 0 Å². The number of carbonyl (C=O) groups is 1. The van der Waals surface area contributed by atoms with Crippen LogP contribution in [0.25, 0.3) is 12.2 Å². The summed E-state index contributed by atoms with van der Waals surface area (Å²) in [4.78, 5) is 31.4. The number of non-ortho nitro benzene ring substituents is 1. The summed E-state index contributed by atoms with van der Waals surface area (Å²) < 4.78 is 21.9. The fraction of sp³-hybridized carbons (Fsp3) is 0.269. The van der Waals surface area contributed by atoms with E-state index in [1.54, 1.807) is 41.3 Å². The third-order valence-electron chi connectivity index (χ3n) is 6.02. The second kappa shape index (κ2) is 11.3. The number of ether oxygens (including phenoxy) is 3. The fourth-order valence-electron chi connectivity index (χ4n) is 4.06. The molecule has 1 fully saturated rings. The summed E-state index contributed by atoms with van der Waals surface area (Å²) in [6.07, 6.45) is 3.28. The topological polar surface area (TPSA) is 144 Å². The Labute approximate surface area is 218 Å². The van der Waals surface area contributed by atoms with E-state index >= 15 is 0 Å². The maximum atomic E-state index is 13.2. The number of hydrogen-bond donors (Lipinski definition) is 0. The summed E-state index contributed by atoms with van der Waals surface area (Å²) in [6.45, 7) is 1.67. The summed E-state index contributed by atoms with van der Waals surface area (Å²) in [6, 6.07) is 11.3. The number of carbonyl (C=O) groups excluding carboxylic acids is 1. The van der Waals surface area contributed by atoms with Crippen molar-refractivity contribution in [1.29, 1.82) is 5.26 Å². The Hall–Kier alpha value is -5.05. The maximum Gasteiger partial charge on any atom is 0.269 e. The number of oxazole rings is 1. The Morgan fingerprint density at radius 1 is 1.05 bits per heavy atom. The van der Waals surface area contributed by atoms with Crippen LogP contribution in [-0.4, -0.2) is 68.2 Å². The second-order valence-corrected chi connectivity index (χ2v) is 8.19. The molecule has 4 rings (SSSR count). The van der Waals surface area contributed by atoms with Crippen LogP contribution < -0.4 is 19.1 Å². The van der Waals surface area contributed by atoms with E-state index in [0.29, 0.717) is 60.4 Å². The van der Waals surface area contributed by atoms with Crippen molar-refractivity contribution in [2.24, 2.45) is 0 Å². The molecule has 38 heavy (non-hydrogen) atoms. The van der Waals surface area contributed by atoms with Crippen LogP contribution in [0.4, 0.5) is 11.6 Å². The number of amides is 1. The molecule has 196 valence electrons. The van der Waals surface area contributed by atoms with Gasteiger partial charge in [0.05, 0.1) is 26.3 Å². The normalized spacial score (nSPS) is 13.3. The van der Waals surface area contributed by atoms with Gasteiger partial charge in [-0.25, -0.2) is 0 Å². The summed E-state index contributed by atoms with van der Waals surface area (Å²) in [5.41, 5.74) is 1.25. The quantitative estimate of drug-likeness (QED) is 0.320. The first-order valence-electron chi connectivity index (χ1n) is 11.6. The number of nitriles is 1. The summed E-state index contributed by atoms with van der Waals surface area (Å²) in [5.74, 6) is 1.56. The SMILES string of the molecule is COc1cc(C(=O)N2CCN(c3oc(/C=C/c4ccc([N+](=O)[O-])cc4)nc3C#N)CC2)cc(OC)c1OC. The monoisotopic (exact) mass is 519 g/mol. The number of nitrogens with zero attached hydrogens (tertiary/aromatic N) is 5. The number of aromatic nitrogens is 1. The number of nitro groups is 1. The average molecular weight is 520 g/mol. The van der Waals surface area contributed by atoms with Gasteiger partial charge in [-0.1, -0.05) is 0 Å². The molecule has 12 heteroatoms. The van der Waals surface area contributed by atoms with Crippen molar-refractivity contribution in [1.82, 2.24) is 9.88 Å². The van der Waals surface area contributed by atoms with Crippen molar-refractivity contribution in [3.05, 3.63) is 69.2 Å². The van der Waals surface area contributed by atoms with Gasteiger partial charge in [0.2, 0.25) is 23.2 Å². The van der Waals surface area contributed by atoms with Gasteiger partial charge < -0.3 is 28.4 Å². The van der Waals surface area contributed by atoms with Gasteiger partial charge in [0.15, 0.2) is 11.5 Å². The van der Waals surface area contributed by atoms with Gasteiger partial charge in [0.1, 0.15) is 6.07 Å². The molecule has 1 saturated heterocycles. The minimum absolute atomic E-state index is 0.00443. The standard InChI is InChI=1S/C26H25N5O7/c1-35-21-14-18(15-22(36-2)24(21)37-3)25(32)29-10-12-30(13-11-29)26-20(16-27)28-23(38-26)9-6-17-4-7-19(8-5-17)31(33)34/h4-9,14-15H,10-13H2,1-3H3/b9-6+.